The number of carbonyl (C=O) groups is 1. The van der Waals surface area contributed by atoms with Gasteiger partial charge in [-0.1, -0.05) is 54.2 Å². The van der Waals surface area contributed by atoms with Gasteiger partial charge in [0.1, 0.15) is 10.8 Å². The van der Waals surface area contributed by atoms with Crippen LogP contribution in [0.25, 0.3) is 6.08 Å². The maximum atomic E-state index is 12.0. The molecule has 5 heteroatoms. The monoisotopic (exact) mass is 310 g/mol. The molecule has 0 aromatic heterocycles. The van der Waals surface area contributed by atoms with Crippen molar-refractivity contribution < 1.29 is 9.90 Å². The first-order valence-corrected chi connectivity index (χ1v) is 7.76. The molecule has 0 bridgehead atoms. The molecule has 1 amide bonds. The Morgan fingerprint density at radius 3 is 2.50 bits per heavy atom. The fourth-order valence-corrected chi connectivity index (χ4v) is 2.87. The Morgan fingerprint density at radius 2 is 1.77 bits per heavy atom. The average molecular weight is 310 g/mol. The molecule has 110 valence electrons. The zero-order valence-electron chi connectivity index (χ0n) is 11.7. The maximum Gasteiger partial charge on any atom is 0.258 e. The number of hydrazone groups is 1. The first kappa shape index (κ1) is 14.4. The largest absolute Gasteiger partial charge is 0.508 e. The fraction of sp³-hybridized carbons (Fsp3) is 0.0588. The van der Waals surface area contributed by atoms with Crippen LogP contribution in [0.5, 0.6) is 5.75 Å². The lowest BCUT2D eigenvalue weighted by molar-refractivity contribution is -0.125. The minimum Gasteiger partial charge on any atom is -0.508 e. The second kappa shape index (κ2) is 6.49. The lowest BCUT2D eigenvalue weighted by Gasteiger charge is -2.10. The Hall–Kier alpha value is -2.53. The third-order valence-corrected chi connectivity index (χ3v) is 4.07. The van der Waals surface area contributed by atoms with E-state index in [1.54, 1.807) is 30.5 Å². The number of phenolic OH excluding ortho intramolecular Hbond substituents is 1. The van der Waals surface area contributed by atoms with Gasteiger partial charge in [-0.05, 0) is 29.3 Å². The number of carbonyl (C=O) groups excluding carboxylic acids is 1. The molecule has 1 heterocycles. The number of rotatable bonds is 3. The number of nitrogens with zero attached hydrogens (tertiary/aromatic N) is 2. The highest BCUT2D eigenvalue weighted by atomic mass is 32.2. The summed E-state index contributed by atoms with van der Waals surface area (Å²) in [6, 6.07) is 16.5. The van der Waals surface area contributed by atoms with E-state index in [1.807, 2.05) is 36.4 Å². The summed E-state index contributed by atoms with van der Waals surface area (Å²) in [5.41, 5.74) is 1.85. The van der Waals surface area contributed by atoms with E-state index in [1.165, 1.54) is 16.8 Å². The van der Waals surface area contributed by atoms with Crippen LogP contribution in [0.3, 0.4) is 0 Å². The van der Waals surface area contributed by atoms with E-state index in [9.17, 15) is 9.90 Å². The van der Waals surface area contributed by atoms with Crippen molar-refractivity contribution in [2.24, 2.45) is 5.10 Å². The van der Waals surface area contributed by atoms with Crippen LogP contribution in [0.1, 0.15) is 11.1 Å². The Balaban J connectivity index is 1.83. The Labute approximate surface area is 132 Å². The Kier molecular flexibility index (Phi) is 4.25. The van der Waals surface area contributed by atoms with Crippen molar-refractivity contribution in [2.45, 2.75) is 0 Å². The van der Waals surface area contributed by atoms with E-state index < -0.39 is 0 Å². The Morgan fingerprint density at radius 1 is 1.05 bits per heavy atom. The first-order valence-electron chi connectivity index (χ1n) is 6.78. The third-order valence-electron chi connectivity index (χ3n) is 3.09. The molecule has 0 unspecified atom stereocenters. The van der Waals surface area contributed by atoms with E-state index >= 15 is 0 Å². The zero-order valence-corrected chi connectivity index (χ0v) is 12.5. The smallest absolute Gasteiger partial charge is 0.258 e. The molecule has 4 nitrogen and oxygen atoms in total. The van der Waals surface area contributed by atoms with Crippen LogP contribution >= 0.6 is 11.8 Å². The molecule has 22 heavy (non-hydrogen) atoms. The fourth-order valence-electron chi connectivity index (χ4n) is 1.98. The van der Waals surface area contributed by atoms with Gasteiger partial charge in [0.25, 0.3) is 5.91 Å². The highest BCUT2D eigenvalue weighted by molar-refractivity contribution is 8.04. The Bertz CT molecular complexity index is 724. The minimum absolute atomic E-state index is 0.0396. The molecule has 0 radical (unpaired) electrons. The summed E-state index contributed by atoms with van der Waals surface area (Å²) in [5.74, 6) is 0.564. The number of hydrogen-bond acceptors (Lipinski definition) is 4. The number of amides is 1. The van der Waals surface area contributed by atoms with Gasteiger partial charge in [-0.3, -0.25) is 4.79 Å². The minimum atomic E-state index is -0.0396. The van der Waals surface area contributed by atoms with Crippen molar-refractivity contribution in [2.75, 3.05) is 5.75 Å². The molecule has 0 aliphatic carbocycles. The quantitative estimate of drug-likeness (QED) is 0.885. The molecule has 0 spiro atoms. The van der Waals surface area contributed by atoms with Crippen LogP contribution in [-0.2, 0) is 4.79 Å². The number of aromatic hydroxyl groups is 1. The van der Waals surface area contributed by atoms with Gasteiger partial charge in [-0.15, -0.1) is 0 Å². The van der Waals surface area contributed by atoms with Gasteiger partial charge in [0, 0.05) is 0 Å². The lowest BCUT2D eigenvalue weighted by Crippen LogP contribution is -2.18. The lowest BCUT2D eigenvalue weighted by atomic mass is 10.2. The zero-order chi connectivity index (χ0) is 15.4. The second-order valence-electron chi connectivity index (χ2n) is 4.72. The summed E-state index contributed by atoms with van der Waals surface area (Å²) in [5, 5.41) is 15.8. The van der Waals surface area contributed by atoms with Gasteiger partial charge in [0.2, 0.25) is 0 Å². The standard InChI is InChI=1S/C17H14N2O2S/c20-15-8-6-13(7-9-15)10-17-19(16(21)12-22-17)18-11-14-4-2-1-3-5-14/h1-11,20H,12H2. The van der Waals surface area contributed by atoms with Crippen molar-refractivity contribution in [3.63, 3.8) is 0 Å². The second-order valence-corrected chi connectivity index (χ2v) is 5.72. The molecule has 2 aromatic carbocycles. The van der Waals surface area contributed by atoms with Crippen molar-refractivity contribution >= 4 is 30.0 Å². The van der Waals surface area contributed by atoms with Crippen molar-refractivity contribution in [3.8, 4) is 5.75 Å². The SMILES string of the molecule is O=C1CSC(=Cc2ccc(O)cc2)N1N=Cc1ccccc1. The van der Waals surface area contributed by atoms with Crippen LogP contribution < -0.4 is 0 Å². The molecular weight excluding hydrogens is 296 g/mol. The normalized spacial score (nSPS) is 16.8. The maximum absolute atomic E-state index is 12.0. The first-order chi connectivity index (χ1) is 10.7. The van der Waals surface area contributed by atoms with E-state index in [2.05, 4.69) is 5.10 Å². The van der Waals surface area contributed by atoms with E-state index in [4.69, 9.17) is 0 Å². The molecule has 0 saturated carbocycles. The van der Waals surface area contributed by atoms with Crippen molar-refractivity contribution in [3.05, 3.63) is 70.8 Å². The molecular formula is C17H14N2O2S. The van der Waals surface area contributed by atoms with Crippen LogP contribution in [0.4, 0.5) is 0 Å². The van der Waals surface area contributed by atoms with Crippen molar-refractivity contribution in [1.29, 1.82) is 0 Å². The summed E-state index contributed by atoms with van der Waals surface area (Å²) < 4.78 is 0. The summed E-state index contributed by atoms with van der Waals surface area (Å²) >= 11 is 1.45. The molecule has 0 atom stereocenters. The van der Waals surface area contributed by atoms with Gasteiger partial charge in [0.05, 0.1) is 12.0 Å². The van der Waals surface area contributed by atoms with Gasteiger partial charge in [0.15, 0.2) is 0 Å². The molecule has 1 saturated heterocycles. The summed E-state index contributed by atoms with van der Waals surface area (Å²) in [6.45, 7) is 0. The average Bonchev–Trinajstić information content (AvgIpc) is 2.89. The van der Waals surface area contributed by atoms with Crippen LogP contribution in [0.15, 0.2) is 64.7 Å². The van der Waals surface area contributed by atoms with Crippen LogP contribution in [0.2, 0.25) is 0 Å². The molecule has 1 N–H and O–H groups in total. The van der Waals surface area contributed by atoms with Crippen LogP contribution in [0, 0.1) is 0 Å². The number of benzene rings is 2. The third kappa shape index (κ3) is 3.38. The summed E-state index contributed by atoms with van der Waals surface area (Å²) in [7, 11) is 0. The summed E-state index contributed by atoms with van der Waals surface area (Å²) in [6.07, 6.45) is 3.56. The van der Waals surface area contributed by atoms with Crippen LogP contribution in [-0.4, -0.2) is 28.0 Å². The molecule has 2 aromatic rings. The number of hydrogen-bond donors (Lipinski definition) is 1. The molecule has 1 aliphatic rings. The van der Waals surface area contributed by atoms with Gasteiger partial charge in [-0.2, -0.15) is 10.1 Å². The van der Waals surface area contributed by atoms with Gasteiger partial charge >= 0.3 is 0 Å². The van der Waals surface area contributed by atoms with E-state index in [0.29, 0.717) is 5.75 Å². The predicted octanol–water partition coefficient (Wildman–Crippen LogP) is 3.30. The number of thioether (sulfide) groups is 1. The van der Waals surface area contributed by atoms with E-state index in [-0.39, 0.29) is 11.7 Å². The summed E-state index contributed by atoms with van der Waals surface area (Å²) in [4.78, 5) is 12.0. The topological polar surface area (TPSA) is 52.9 Å². The highest BCUT2D eigenvalue weighted by Gasteiger charge is 2.26. The highest BCUT2D eigenvalue weighted by Crippen LogP contribution is 2.31. The van der Waals surface area contributed by atoms with Gasteiger partial charge in [-0.25, -0.2) is 0 Å². The predicted molar refractivity (Wildman–Crippen MR) is 89.4 cm³/mol. The van der Waals surface area contributed by atoms with E-state index in [0.717, 1.165) is 16.2 Å². The van der Waals surface area contributed by atoms with Gasteiger partial charge < -0.3 is 5.11 Å². The molecule has 3 rings (SSSR count). The molecule has 1 aliphatic heterocycles. The molecule has 1 fully saturated rings. The number of phenols is 1. The van der Waals surface area contributed by atoms with Crippen molar-refractivity contribution in [1.82, 2.24) is 5.01 Å².